The molecule has 1 atom stereocenters. The summed E-state index contributed by atoms with van der Waals surface area (Å²) in [5.74, 6) is 0.176. The highest BCUT2D eigenvalue weighted by Crippen LogP contribution is 2.26. The van der Waals surface area contributed by atoms with Crippen LogP contribution in [0, 0.1) is 0 Å². The van der Waals surface area contributed by atoms with Crippen molar-refractivity contribution in [1.82, 2.24) is 14.1 Å². The Morgan fingerprint density at radius 1 is 0.853 bits per heavy atom. The van der Waals surface area contributed by atoms with E-state index in [1.54, 1.807) is 16.4 Å². The van der Waals surface area contributed by atoms with E-state index in [-0.39, 0.29) is 17.4 Å². The van der Waals surface area contributed by atoms with Crippen LogP contribution in [0.4, 0.5) is 0 Å². The van der Waals surface area contributed by atoms with Crippen LogP contribution in [0.25, 0.3) is 0 Å². The molecule has 2 aromatic rings. The van der Waals surface area contributed by atoms with E-state index in [0.29, 0.717) is 37.5 Å². The summed E-state index contributed by atoms with van der Waals surface area (Å²) in [6.07, 6.45) is 2.77. The third kappa shape index (κ3) is 5.53. The first-order chi connectivity index (χ1) is 16.2. The fourth-order valence-corrected chi connectivity index (χ4v) is 6.31. The zero-order valence-electron chi connectivity index (χ0n) is 20.6. The van der Waals surface area contributed by atoms with E-state index < -0.39 is 10.0 Å². The molecule has 2 saturated heterocycles. The van der Waals surface area contributed by atoms with Crippen molar-refractivity contribution >= 4 is 15.9 Å². The first-order valence-corrected chi connectivity index (χ1v) is 13.8. The Morgan fingerprint density at radius 2 is 1.44 bits per heavy atom. The molecule has 34 heavy (non-hydrogen) atoms. The van der Waals surface area contributed by atoms with Gasteiger partial charge in [0, 0.05) is 39.3 Å². The van der Waals surface area contributed by atoms with E-state index in [9.17, 15) is 13.2 Å². The smallest absolute Gasteiger partial charge is 0.243 e. The van der Waals surface area contributed by atoms with Crippen LogP contribution in [0.2, 0.25) is 0 Å². The maximum absolute atomic E-state index is 13.4. The van der Waals surface area contributed by atoms with Gasteiger partial charge in [-0.25, -0.2) is 8.42 Å². The fraction of sp³-hybridized carbons (Fsp3) is 0.519. The zero-order chi connectivity index (χ0) is 24.3. The highest BCUT2D eigenvalue weighted by molar-refractivity contribution is 7.89. The van der Waals surface area contributed by atoms with Crippen molar-refractivity contribution < 1.29 is 13.2 Å². The van der Waals surface area contributed by atoms with Gasteiger partial charge in [0.25, 0.3) is 0 Å². The van der Waals surface area contributed by atoms with Crippen LogP contribution in [-0.2, 0) is 26.7 Å². The molecule has 0 aromatic heterocycles. The average Bonchev–Trinajstić information content (AvgIpc) is 3.38. The second-order valence-electron chi connectivity index (χ2n) is 10.5. The van der Waals surface area contributed by atoms with Gasteiger partial charge in [-0.05, 0) is 47.9 Å². The normalized spacial score (nSPS) is 19.3. The largest absolute Gasteiger partial charge is 0.341 e. The second-order valence-corrected chi connectivity index (χ2v) is 12.4. The molecular formula is C27H37N3O3S. The summed E-state index contributed by atoms with van der Waals surface area (Å²) in [7, 11) is -3.56. The molecule has 2 aliphatic heterocycles. The zero-order valence-corrected chi connectivity index (χ0v) is 21.4. The predicted octanol–water partition coefficient (Wildman–Crippen LogP) is 3.52. The van der Waals surface area contributed by atoms with Crippen molar-refractivity contribution in [1.29, 1.82) is 0 Å². The molecule has 6 nitrogen and oxygen atoms in total. The number of carbonyl (C=O) groups excluding carboxylic acids is 1. The predicted molar refractivity (Wildman–Crippen MR) is 135 cm³/mol. The number of piperazine rings is 1. The number of sulfonamides is 1. The Labute approximate surface area is 204 Å². The molecule has 4 rings (SSSR count). The maximum Gasteiger partial charge on any atom is 0.243 e. The van der Waals surface area contributed by atoms with Gasteiger partial charge in [0.1, 0.15) is 0 Å². The van der Waals surface area contributed by atoms with Crippen molar-refractivity contribution in [3.8, 4) is 0 Å². The van der Waals surface area contributed by atoms with Crippen LogP contribution in [-0.4, -0.2) is 73.7 Å². The lowest BCUT2D eigenvalue weighted by atomic mass is 9.87. The third-order valence-corrected chi connectivity index (χ3v) is 8.96. The molecular weight excluding hydrogens is 446 g/mol. The lowest BCUT2D eigenvalue weighted by Gasteiger charge is -2.39. The number of likely N-dealkylation sites (tertiary alicyclic amines) is 1. The molecule has 0 saturated carbocycles. The molecule has 0 radical (unpaired) electrons. The summed E-state index contributed by atoms with van der Waals surface area (Å²) in [5.41, 5.74) is 2.22. The molecule has 184 valence electrons. The van der Waals surface area contributed by atoms with Crippen molar-refractivity contribution in [2.75, 3.05) is 39.3 Å². The molecule has 1 unspecified atom stereocenters. The molecule has 0 N–H and O–H groups in total. The molecule has 7 heteroatoms. The monoisotopic (exact) mass is 483 g/mol. The minimum absolute atomic E-state index is 0.0242. The number of hydrogen-bond acceptors (Lipinski definition) is 4. The minimum Gasteiger partial charge on any atom is -0.341 e. The van der Waals surface area contributed by atoms with Gasteiger partial charge in [0.15, 0.2) is 0 Å². The van der Waals surface area contributed by atoms with Gasteiger partial charge in [0.05, 0.1) is 10.9 Å². The molecule has 0 bridgehead atoms. The molecule has 2 fully saturated rings. The number of benzene rings is 2. The number of carbonyl (C=O) groups is 1. The summed E-state index contributed by atoms with van der Waals surface area (Å²) in [4.78, 5) is 17.9. The van der Waals surface area contributed by atoms with Crippen molar-refractivity contribution in [3.63, 3.8) is 0 Å². The van der Waals surface area contributed by atoms with Gasteiger partial charge in [0.2, 0.25) is 15.9 Å². The lowest BCUT2D eigenvalue weighted by molar-refractivity contribution is -0.136. The van der Waals surface area contributed by atoms with E-state index in [1.807, 2.05) is 35.2 Å². The van der Waals surface area contributed by atoms with Crippen LogP contribution < -0.4 is 0 Å². The maximum atomic E-state index is 13.4. The fourth-order valence-electron chi connectivity index (χ4n) is 4.89. The Hall–Kier alpha value is -2.22. The summed E-state index contributed by atoms with van der Waals surface area (Å²) in [6, 6.07) is 17.1. The van der Waals surface area contributed by atoms with E-state index in [1.165, 1.54) is 0 Å². The van der Waals surface area contributed by atoms with Crippen molar-refractivity contribution in [2.24, 2.45) is 0 Å². The van der Waals surface area contributed by atoms with Gasteiger partial charge in [-0.1, -0.05) is 63.2 Å². The molecule has 2 aromatic carbocycles. The van der Waals surface area contributed by atoms with Crippen LogP contribution in [0.3, 0.4) is 0 Å². The van der Waals surface area contributed by atoms with E-state index in [0.717, 1.165) is 37.1 Å². The minimum atomic E-state index is -3.56. The van der Waals surface area contributed by atoms with Crippen LogP contribution in [0.5, 0.6) is 0 Å². The van der Waals surface area contributed by atoms with Gasteiger partial charge < -0.3 is 4.90 Å². The summed E-state index contributed by atoms with van der Waals surface area (Å²) < 4.78 is 28.1. The number of amides is 1. The summed E-state index contributed by atoms with van der Waals surface area (Å²) >= 11 is 0. The number of hydrogen-bond donors (Lipinski definition) is 0. The van der Waals surface area contributed by atoms with E-state index >= 15 is 0 Å². The van der Waals surface area contributed by atoms with Crippen molar-refractivity contribution in [2.45, 2.75) is 56.4 Å². The standard InChI is InChI=1S/C27H37N3O3S/c1-27(2,3)23-11-13-24(14-12-23)34(32,33)30-19-17-28(18-20-30)25(21-22-9-5-4-6-10-22)26(31)29-15-7-8-16-29/h4-6,9-14,25H,7-8,15-21H2,1-3H3. The first kappa shape index (κ1) is 24.9. The van der Waals surface area contributed by atoms with Crippen molar-refractivity contribution in [3.05, 3.63) is 65.7 Å². The Bertz CT molecular complexity index is 1060. The highest BCUT2D eigenvalue weighted by Gasteiger charge is 2.36. The van der Waals surface area contributed by atoms with Crippen LogP contribution in [0.15, 0.2) is 59.5 Å². The summed E-state index contributed by atoms with van der Waals surface area (Å²) in [6.45, 7) is 9.88. The number of rotatable bonds is 6. The quantitative estimate of drug-likeness (QED) is 0.631. The van der Waals surface area contributed by atoms with Gasteiger partial charge in [-0.15, -0.1) is 0 Å². The SMILES string of the molecule is CC(C)(C)c1ccc(S(=O)(=O)N2CCN(C(Cc3ccccc3)C(=O)N3CCCC3)CC2)cc1. The highest BCUT2D eigenvalue weighted by atomic mass is 32.2. The third-order valence-electron chi connectivity index (χ3n) is 7.05. The van der Waals surface area contributed by atoms with Crippen LogP contribution >= 0.6 is 0 Å². The Kier molecular flexibility index (Phi) is 7.45. The topological polar surface area (TPSA) is 60.9 Å². The van der Waals surface area contributed by atoms with Gasteiger partial charge in [-0.2, -0.15) is 4.31 Å². The van der Waals surface area contributed by atoms with Crippen LogP contribution in [0.1, 0.15) is 44.7 Å². The van der Waals surface area contributed by atoms with E-state index in [2.05, 4.69) is 37.8 Å². The van der Waals surface area contributed by atoms with Gasteiger partial charge in [-0.3, -0.25) is 9.69 Å². The second kappa shape index (κ2) is 10.2. The summed E-state index contributed by atoms with van der Waals surface area (Å²) in [5, 5.41) is 0. The first-order valence-electron chi connectivity index (χ1n) is 12.3. The average molecular weight is 484 g/mol. The molecule has 0 spiro atoms. The van der Waals surface area contributed by atoms with Gasteiger partial charge >= 0.3 is 0 Å². The molecule has 2 aliphatic rings. The lowest BCUT2D eigenvalue weighted by Crippen LogP contribution is -2.56. The van der Waals surface area contributed by atoms with E-state index in [4.69, 9.17) is 0 Å². The molecule has 2 heterocycles. The molecule has 1 amide bonds. The Balaban J connectivity index is 1.46. The Morgan fingerprint density at radius 3 is 2.00 bits per heavy atom. The number of nitrogens with zero attached hydrogens (tertiary/aromatic N) is 3. The molecule has 0 aliphatic carbocycles.